The molecule has 9 nitrogen and oxygen atoms in total. The largest absolute Gasteiger partial charge is 0.366 e. The number of piperazine rings is 1. The molecule has 1 aliphatic rings. The zero-order chi connectivity index (χ0) is 24.3. The minimum Gasteiger partial charge on any atom is -0.366 e. The number of hydrogen-bond acceptors (Lipinski definition) is 6. The van der Waals surface area contributed by atoms with Crippen LogP contribution in [0.25, 0.3) is 0 Å². The van der Waals surface area contributed by atoms with E-state index in [-0.39, 0.29) is 41.6 Å². The lowest BCUT2D eigenvalue weighted by molar-refractivity contribution is -0.114. The Morgan fingerprint density at radius 3 is 2.18 bits per heavy atom. The van der Waals surface area contributed by atoms with Crippen molar-refractivity contribution in [1.82, 2.24) is 4.90 Å². The predicted molar refractivity (Wildman–Crippen MR) is 124 cm³/mol. The molecule has 1 fully saturated rings. The number of sulfonamides is 1. The molecule has 1 heterocycles. The van der Waals surface area contributed by atoms with Crippen molar-refractivity contribution in [2.24, 2.45) is 0 Å². The third kappa shape index (κ3) is 6.07. The molecule has 3 rings (SSSR count). The van der Waals surface area contributed by atoms with Crippen molar-refractivity contribution in [2.45, 2.75) is 13.8 Å². The molecule has 11 heteroatoms. The molecule has 0 radical (unpaired) electrons. The van der Waals surface area contributed by atoms with Crippen molar-refractivity contribution in [1.29, 1.82) is 0 Å². The maximum Gasteiger partial charge on any atom is 0.256 e. The number of halogens is 1. The molecule has 1 saturated heterocycles. The predicted octanol–water partition coefficient (Wildman–Crippen LogP) is 2.32. The van der Waals surface area contributed by atoms with Gasteiger partial charge in [0, 0.05) is 44.4 Å². The smallest absolute Gasteiger partial charge is 0.256 e. The maximum atomic E-state index is 14.5. The zero-order valence-electron chi connectivity index (χ0n) is 18.5. The molecule has 0 aliphatic carbocycles. The molecule has 0 unspecified atom stereocenters. The fourth-order valence-electron chi connectivity index (χ4n) is 3.59. The van der Waals surface area contributed by atoms with Crippen LogP contribution < -0.4 is 14.9 Å². The van der Waals surface area contributed by atoms with Crippen LogP contribution in [0.15, 0.2) is 36.4 Å². The van der Waals surface area contributed by atoms with Crippen LogP contribution in [0, 0.1) is 5.82 Å². The van der Waals surface area contributed by atoms with Gasteiger partial charge in [0.05, 0.1) is 23.2 Å². The van der Waals surface area contributed by atoms with Gasteiger partial charge in [0.15, 0.2) is 5.78 Å². The normalized spacial score (nSPS) is 14.1. The second kappa shape index (κ2) is 9.57. The number of nitrogens with zero attached hydrogens (tertiary/aromatic N) is 2. The summed E-state index contributed by atoms with van der Waals surface area (Å²) in [4.78, 5) is 39.4. The molecule has 0 saturated carbocycles. The van der Waals surface area contributed by atoms with Crippen LogP contribution in [-0.4, -0.2) is 63.4 Å². The van der Waals surface area contributed by atoms with Crippen LogP contribution in [0.5, 0.6) is 0 Å². The summed E-state index contributed by atoms with van der Waals surface area (Å²) in [6.07, 6.45) is 0.980. The summed E-state index contributed by atoms with van der Waals surface area (Å²) in [6, 6.07) is 8.65. The molecule has 33 heavy (non-hydrogen) atoms. The Bertz CT molecular complexity index is 1210. The fraction of sp³-hybridized carbons (Fsp3) is 0.318. The first-order valence-corrected chi connectivity index (χ1v) is 12.1. The highest BCUT2D eigenvalue weighted by molar-refractivity contribution is 7.92. The van der Waals surface area contributed by atoms with Crippen molar-refractivity contribution in [3.63, 3.8) is 0 Å². The van der Waals surface area contributed by atoms with Gasteiger partial charge in [-0.1, -0.05) is 0 Å². The molecule has 0 bridgehead atoms. The Morgan fingerprint density at radius 1 is 0.970 bits per heavy atom. The van der Waals surface area contributed by atoms with Crippen LogP contribution in [0.1, 0.15) is 34.6 Å². The number of anilines is 3. The summed E-state index contributed by atoms with van der Waals surface area (Å²) < 4.78 is 40.3. The Morgan fingerprint density at radius 2 is 1.64 bits per heavy atom. The van der Waals surface area contributed by atoms with Crippen LogP contribution in [-0.2, 0) is 14.8 Å². The van der Waals surface area contributed by atoms with Gasteiger partial charge in [0.2, 0.25) is 15.9 Å². The summed E-state index contributed by atoms with van der Waals surface area (Å²) in [7, 11) is -3.64. The summed E-state index contributed by atoms with van der Waals surface area (Å²) in [6.45, 7) is 3.94. The van der Waals surface area contributed by atoms with E-state index in [0.717, 1.165) is 6.26 Å². The number of nitrogens with one attached hydrogen (secondary N) is 2. The number of ketones is 1. The molecular formula is C22H25FN4O5S. The van der Waals surface area contributed by atoms with E-state index in [1.54, 1.807) is 21.9 Å². The molecule has 2 amide bonds. The first-order chi connectivity index (χ1) is 15.4. The highest BCUT2D eigenvalue weighted by atomic mass is 32.2. The van der Waals surface area contributed by atoms with E-state index in [1.165, 1.54) is 38.1 Å². The summed E-state index contributed by atoms with van der Waals surface area (Å²) in [5.74, 6) is -1.48. The van der Waals surface area contributed by atoms with Crippen molar-refractivity contribution in [3.05, 3.63) is 53.3 Å². The standard InChI is InChI=1S/C22H25FN4O5S/c1-14(28)16-4-7-21(19(23)12-16)26-8-10-27(11-9-26)22(30)18-13-17(24-15(2)29)5-6-20(18)25-33(3,31)32/h4-7,12-13,25H,8-11H2,1-3H3,(H,24,29). The van der Waals surface area contributed by atoms with Gasteiger partial charge < -0.3 is 15.1 Å². The number of hydrogen-bond donors (Lipinski definition) is 2. The number of rotatable bonds is 6. The van der Waals surface area contributed by atoms with Crippen molar-refractivity contribution < 1.29 is 27.2 Å². The molecule has 0 atom stereocenters. The highest BCUT2D eigenvalue weighted by Crippen LogP contribution is 2.26. The molecule has 2 aromatic carbocycles. The van der Waals surface area contributed by atoms with E-state index in [0.29, 0.717) is 24.5 Å². The first kappa shape index (κ1) is 24.2. The number of carbonyl (C=O) groups is 3. The number of Topliss-reactive ketones (excluding diaryl/α,β-unsaturated/α-hetero) is 1. The van der Waals surface area contributed by atoms with Crippen LogP contribution >= 0.6 is 0 Å². The molecular weight excluding hydrogens is 451 g/mol. The van der Waals surface area contributed by atoms with Gasteiger partial charge in [0.25, 0.3) is 5.91 Å². The Balaban J connectivity index is 1.79. The average Bonchev–Trinajstić information content (AvgIpc) is 2.73. The van der Waals surface area contributed by atoms with E-state index in [4.69, 9.17) is 0 Å². The monoisotopic (exact) mass is 476 g/mol. The maximum absolute atomic E-state index is 14.5. The van der Waals surface area contributed by atoms with Gasteiger partial charge in [-0.3, -0.25) is 19.1 Å². The van der Waals surface area contributed by atoms with E-state index < -0.39 is 21.7 Å². The van der Waals surface area contributed by atoms with Gasteiger partial charge in [-0.05, 0) is 43.3 Å². The van der Waals surface area contributed by atoms with Gasteiger partial charge in [-0.2, -0.15) is 0 Å². The van der Waals surface area contributed by atoms with E-state index in [2.05, 4.69) is 10.0 Å². The minimum absolute atomic E-state index is 0.0946. The van der Waals surface area contributed by atoms with Crippen molar-refractivity contribution in [2.75, 3.05) is 47.4 Å². The van der Waals surface area contributed by atoms with Crippen LogP contribution in [0.3, 0.4) is 0 Å². The van der Waals surface area contributed by atoms with E-state index in [9.17, 15) is 27.2 Å². The van der Waals surface area contributed by atoms with Gasteiger partial charge >= 0.3 is 0 Å². The summed E-state index contributed by atoms with van der Waals surface area (Å²) in [5.41, 5.74) is 1.19. The lowest BCUT2D eigenvalue weighted by Crippen LogP contribution is -2.49. The SMILES string of the molecule is CC(=O)Nc1ccc(NS(C)(=O)=O)c(C(=O)N2CCN(c3ccc(C(C)=O)cc3F)CC2)c1. The fourth-order valence-corrected chi connectivity index (χ4v) is 4.17. The van der Waals surface area contributed by atoms with Crippen molar-refractivity contribution in [3.8, 4) is 0 Å². The molecule has 176 valence electrons. The van der Waals surface area contributed by atoms with Crippen LogP contribution in [0.4, 0.5) is 21.5 Å². The van der Waals surface area contributed by atoms with E-state index in [1.807, 2.05) is 0 Å². The topological polar surface area (TPSA) is 116 Å². The lowest BCUT2D eigenvalue weighted by Gasteiger charge is -2.36. The van der Waals surface area contributed by atoms with Crippen molar-refractivity contribution >= 4 is 44.7 Å². The van der Waals surface area contributed by atoms with Gasteiger partial charge in [-0.15, -0.1) is 0 Å². The van der Waals surface area contributed by atoms with Gasteiger partial charge in [-0.25, -0.2) is 12.8 Å². The summed E-state index contributed by atoms with van der Waals surface area (Å²) in [5, 5.41) is 2.58. The van der Waals surface area contributed by atoms with Gasteiger partial charge in [0.1, 0.15) is 5.82 Å². The second-order valence-electron chi connectivity index (χ2n) is 7.82. The number of carbonyl (C=O) groups excluding carboxylic acids is 3. The van der Waals surface area contributed by atoms with E-state index >= 15 is 0 Å². The molecule has 2 aromatic rings. The Hall–Kier alpha value is -3.47. The Kier molecular flexibility index (Phi) is 7.01. The first-order valence-electron chi connectivity index (χ1n) is 10.2. The highest BCUT2D eigenvalue weighted by Gasteiger charge is 2.26. The molecule has 0 spiro atoms. The zero-order valence-corrected chi connectivity index (χ0v) is 19.3. The quantitative estimate of drug-likeness (QED) is 0.619. The molecule has 1 aliphatic heterocycles. The van der Waals surface area contributed by atoms with Crippen LogP contribution in [0.2, 0.25) is 0 Å². The summed E-state index contributed by atoms with van der Waals surface area (Å²) >= 11 is 0. The second-order valence-corrected chi connectivity index (χ2v) is 9.57. The molecule has 0 aromatic heterocycles. The molecule has 2 N–H and O–H groups in total. The minimum atomic E-state index is -3.64. The third-order valence-corrected chi connectivity index (χ3v) is 5.72. The third-order valence-electron chi connectivity index (χ3n) is 5.13. The number of benzene rings is 2. The average molecular weight is 477 g/mol. The Labute approximate surface area is 191 Å². The number of amides is 2. The lowest BCUT2D eigenvalue weighted by atomic mass is 10.1.